The lowest BCUT2D eigenvalue weighted by molar-refractivity contribution is -0.124. The molecule has 0 aliphatic carbocycles. The van der Waals surface area contributed by atoms with Gasteiger partial charge in [0, 0.05) is 26.0 Å². The van der Waals surface area contributed by atoms with E-state index in [2.05, 4.69) is 10.3 Å². The molecule has 3 N–H and O–H groups in total. The Bertz CT molecular complexity index is 458. The van der Waals surface area contributed by atoms with Crippen LogP contribution in [0.2, 0.25) is 0 Å². The second kappa shape index (κ2) is 6.63. The number of rotatable bonds is 5. The van der Waals surface area contributed by atoms with Gasteiger partial charge in [-0.2, -0.15) is 0 Å². The standard InChI is InChI=1S/C12H20N4O2S/c1-7(10(17)14-3)5-16(4)12(18)9-6-19-11(15-9)8(2)13/h6-8H,5,13H2,1-4H3,(H,14,17). The molecule has 0 aliphatic rings. The Hall–Kier alpha value is -1.47. The number of carbonyl (C=O) groups excluding carboxylic acids is 2. The minimum absolute atomic E-state index is 0.0887. The second-order valence-corrected chi connectivity index (χ2v) is 5.45. The molecule has 0 bridgehead atoms. The van der Waals surface area contributed by atoms with Crippen molar-refractivity contribution in [3.05, 3.63) is 16.1 Å². The van der Waals surface area contributed by atoms with Crippen molar-refractivity contribution in [2.75, 3.05) is 20.6 Å². The number of hydrogen-bond donors (Lipinski definition) is 2. The molecule has 19 heavy (non-hydrogen) atoms. The van der Waals surface area contributed by atoms with Crippen molar-refractivity contribution in [1.29, 1.82) is 0 Å². The van der Waals surface area contributed by atoms with Gasteiger partial charge in [0.1, 0.15) is 10.7 Å². The molecule has 1 heterocycles. The van der Waals surface area contributed by atoms with Crippen LogP contribution < -0.4 is 11.1 Å². The molecule has 0 saturated heterocycles. The monoisotopic (exact) mass is 284 g/mol. The minimum Gasteiger partial charge on any atom is -0.359 e. The predicted octanol–water partition coefficient (Wildman–Crippen LogP) is 0.617. The second-order valence-electron chi connectivity index (χ2n) is 4.56. The van der Waals surface area contributed by atoms with Gasteiger partial charge in [0.25, 0.3) is 5.91 Å². The van der Waals surface area contributed by atoms with Gasteiger partial charge in [-0.05, 0) is 6.92 Å². The smallest absolute Gasteiger partial charge is 0.273 e. The fraction of sp³-hybridized carbons (Fsp3) is 0.583. The van der Waals surface area contributed by atoms with Crippen molar-refractivity contribution in [3.63, 3.8) is 0 Å². The van der Waals surface area contributed by atoms with Gasteiger partial charge in [0.05, 0.1) is 12.0 Å². The molecular formula is C12H20N4O2S. The van der Waals surface area contributed by atoms with E-state index in [4.69, 9.17) is 5.73 Å². The lowest BCUT2D eigenvalue weighted by Crippen LogP contribution is -2.37. The average Bonchev–Trinajstić information content (AvgIpc) is 2.86. The Morgan fingerprint density at radius 2 is 2.16 bits per heavy atom. The highest BCUT2D eigenvalue weighted by Crippen LogP contribution is 2.17. The van der Waals surface area contributed by atoms with Gasteiger partial charge in [0.15, 0.2) is 0 Å². The van der Waals surface area contributed by atoms with E-state index in [1.54, 1.807) is 26.4 Å². The summed E-state index contributed by atoms with van der Waals surface area (Å²) >= 11 is 1.37. The molecule has 0 fully saturated rings. The molecule has 6 nitrogen and oxygen atoms in total. The van der Waals surface area contributed by atoms with Gasteiger partial charge < -0.3 is 16.0 Å². The third-order valence-electron chi connectivity index (χ3n) is 2.72. The van der Waals surface area contributed by atoms with Gasteiger partial charge in [-0.1, -0.05) is 6.92 Å². The fourth-order valence-electron chi connectivity index (χ4n) is 1.61. The third-order valence-corrected chi connectivity index (χ3v) is 3.76. The normalized spacial score (nSPS) is 13.7. The molecular weight excluding hydrogens is 264 g/mol. The molecule has 0 aromatic carbocycles. The Morgan fingerprint density at radius 1 is 1.53 bits per heavy atom. The lowest BCUT2D eigenvalue weighted by atomic mass is 10.1. The van der Waals surface area contributed by atoms with Crippen LogP contribution in [0.5, 0.6) is 0 Å². The van der Waals surface area contributed by atoms with Crippen molar-refractivity contribution >= 4 is 23.2 Å². The molecule has 0 aliphatic heterocycles. The summed E-state index contributed by atoms with van der Waals surface area (Å²) < 4.78 is 0. The van der Waals surface area contributed by atoms with Gasteiger partial charge in [-0.15, -0.1) is 11.3 Å². The van der Waals surface area contributed by atoms with Crippen LogP contribution in [0.3, 0.4) is 0 Å². The van der Waals surface area contributed by atoms with E-state index in [9.17, 15) is 9.59 Å². The van der Waals surface area contributed by atoms with E-state index >= 15 is 0 Å². The topological polar surface area (TPSA) is 88.3 Å². The van der Waals surface area contributed by atoms with Gasteiger partial charge >= 0.3 is 0 Å². The summed E-state index contributed by atoms with van der Waals surface area (Å²) in [6.07, 6.45) is 0. The summed E-state index contributed by atoms with van der Waals surface area (Å²) in [5.41, 5.74) is 6.09. The zero-order chi connectivity index (χ0) is 14.6. The van der Waals surface area contributed by atoms with Crippen LogP contribution in [0, 0.1) is 5.92 Å². The van der Waals surface area contributed by atoms with Crippen molar-refractivity contribution in [2.24, 2.45) is 11.7 Å². The van der Waals surface area contributed by atoms with Crippen molar-refractivity contribution in [2.45, 2.75) is 19.9 Å². The van der Waals surface area contributed by atoms with Crippen molar-refractivity contribution < 1.29 is 9.59 Å². The van der Waals surface area contributed by atoms with Crippen LogP contribution in [0.15, 0.2) is 5.38 Å². The zero-order valence-corrected chi connectivity index (χ0v) is 12.5. The Labute approximate surface area is 117 Å². The minimum atomic E-state index is -0.259. The van der Waals surface area contributed by atoms with E-state index < -0.39 is 0 Å². The maximum absolute atomic E-state index is 12.1. The predicted molar refractivity (Wildman–Crippen MR) is 74.9 cm³/mol. The van der Waals surface area contributed by atoms with Crippen LogP contribution in [-0.4, -0.2) is 42.3 Å². The van der Waals surface area contributed by atoms with Gasteiger partial charge in [0.2, 0.25) is 5.91 Å². The summed E-state index contributed by atoms with van der Waals surface area (Å²) in [5, 5.41) is 4.99. The fourth-order valence-corrected chi connectivity index (χ4v) is 2.37. The number of carbonyl (C=O) groups is 2. The quantitative estimate of drug-likeness (QED) is 0.829. The van der Waals surface area contributed by atoms with Crippen LogP contribution in [-0.2, 0) is 4.79 Å². The number of nitrogens with zero attached hydrogens (tertiary/aromatic N) is 2. The first-order valence-corrected chi connectivity index (χ1v) is 6.92. The summed E-state index contributed by atoms with van der Waals surface area (Å²) in [6, 6.07) is -0.179. The van der Waals surface area contributed by atoms with Gasteiger partial charge in [-0.3, -0.25) is 9.59 Å². The molecule has 0 saturated carbocycles. The molecule has 0 radical (unpaired) electrons. The van der Waals surface area contributed by atoms with E-state index in [1.807, 2.05) is 6.92 Å². The first-order valence-electron chi connectivity index (χ1n) is 6.04. The SMILES string of the molecule is CNC(=O)C(C)CN(C)C(=O)c1csc(C(C)N)n1. The van der Waals surface area contributed by atoms with Gasteiger partial charge in [-0.25, -0.2) is 4.98 Å². The highest BCUT2D eigenvalue weighted by atomic mass is 32.1. The van der Waals surface area contributed by atoms with Crippen LogP contribution in [0.1, 0.15) is 35.4 Å². The largest absolute Gasteiger partial charge is 0.359 e. The maximum atomic E-state index is 12.1. The van der Waals surface area contributed by atoms with Crippen LogP contribution in [0.4, 0.5) is 0 Å². The first-order chi connectivity index (χ1) is 8.86. The first kappa shape index (κ1) is 15.6. The summed E-state index contributed by atoms with van der Waals surface area (Å²) in [7, 11) is 3.24. The molecule has 1 aromatic heterocycles. The number of aromatic nitrogens is 1. The molecule has 2 amide bonds. The molecule has 7 heteroatoms. The van der Waals surface area contributed by atoms with E-state index in [-0.39, 0.29) is 23.8 Å². The number of thiazole rings is 1. The van der Waals surface area contributed by atoms with Crippen LogP contribution in [0.25, 0.3) is 0 Å². The number of nitrogens with one attached hydrogen (secondary N) is 1. The number of amides is 2. The number of hydrogen-bond acceptors (Lipinski definition) is 5. The average molecular weight is 284 g/mol. The summed E-state index contributed by atoms with van der Waals surface area (Å²) in [4.78, 5) is 29.2. The van der Waals surface area contributed by atoms with E-state index in [0.29, 0.717) is 12.2 Å². The molecule has 106 valence electrons. The van der Waals surface area contributed by atoms with Crippen molar-refractivity contribution in [1.82, 2.24) is 15.2 Å². The Balaban J connectivity index is 2.68. The highest BCUT2D eigenvalue weighted by Gasteiger charge is 2.20. The molecule has 1 aromatic rings. The Kier molecular flexibility index (Phi) is 5.44. The highest BCUT2D eigenvalue weighted by molar-refractivity contribution is 7.09. The molecule has 1 rings (SSSR count). The Morgan fingerprint density at radius 3 is 2.63 bits per heavy atom. The summed E-state index contributed by atoms with van der Waals surface area (Å²) in [6.45, 7) is 3.95. The zero-order valence-electron chi connectivity index (χ0n) is 11.6. The van der Waals surface area contributed by atoms with Crippen molar-refractivity contribution in [3.8, 4) is 0 Å². The molecule has 0 spiro atoms. The third kappa shape index (κ3) is 4.00. The van der Waals surface area contributed by atoms with E-state index in [1.165, 1.54) is 16.2 Å². The summed E-state index contributed by atoms with van der Waals surface area (Å²) in [5.74, 6) is -0.543. The van der Waals surface area contributed by atoms with Crippen LogP contribution >= 0.6 is 11.3 Å². The van der Waals surface area contributed by atoms with E-state index in [0.717, 1.165) is 5.01 Å². The molecule has 2 atom stereocenters. The maximum Gasteiger partial charge on any atom is 0.273 e. The number of nitrogens with two attached hydrogens (primary N) is 1. The lowest BCUT2D eigenvalue weighted by Gasteiger charge is -2.19. The molecule has 2 unspecified atom stereocenters.